The third kappa shape index (κ3) is 1.73. The normalized spacial score (nSPS) is 9.62. The number of nitrogens with two attached hydrogens (primary N) is 1. The van der Waals surface area contributed by atoms with Gasteiger partial charge in [-0.05, 0) is 0 Å². The number of aromatic carboxylic acids is 1. The second-order valence-electron chi connectivity index (χ2n) is 2.03. The molecule has 0 spiro atoms. The molecule has 0 aliphatic carbocycles. The molecule has 0 aliphatic rings. The molecular formula is C5H5N3O4S. The van der Waals surface area contributed by atoms with Crippen LogP contribution in [0.4, 0.5) is 10.7 Å². The number of rotatable bonds is 3. The molecule has 0 fully saturated rings. The van der Waals surface area contributed by atoms with Gasteiger partial charge in [0.1, 0.15) is 4.88 Å². The van der Waals surface area contributed by atoms with Crippen LogP contribution in [-0.2, 0) is 0 Å². The van der Waals surface area contributed by atoms with E-state index in [1.54, 1.807) is 0 Å². The Morgan fingerprint density at radius 1 is 1.77 bits per heavy atom. The Hall–Kier alpha value is -1.67. The molecule has 1 heterocycles. The standard InChI is InChI=1S/C5H5N3O4S/c6-7-4-2(8(11)12)1-3(13-4)5(9)10/h1,7H,6H2,(H,9,10). The molecule has 0 aliphatic heterocycles. The number of thiophene rings is 1. The summed E-state index contributed by atoms with van der Waals surface area (Å²) >= 11 is 0.719. The van der Waals surface area contributed by atoms with Crippen molar-refractivity contribution in [3.8, 4) is 0 Å². The Morgan fingerprint density at radius 2 is 2.38 bits per heavy atom. The number of nitro groups is 1. The van der Waals surface area contributed by atoms with Crippen LogP contribution in [0.2, 0.25) is 0 Å². The molecule has 0 atom stereocenters. The summed E-state index contributed by atoms with van der Waals surface area (Å²) in [6.07, 6.45) is 0. The predicted octanol–water partition coefficient (Wildman–Crippen LogP) is 0.640. The molecule has 8 heteroatoms. The molecule has 1 aromatic heterocycles. The zero-order chi connectivity index (χ0) is 10.0. The summed E-state index contributed by atoms with van der Waals surface area (Å²) in [6.45, 7) is 0. The number of hydrazine groups is 1. The number of hydrogen-bond donors (Lipinski definition) is 3. The Bertz CT molecular complexity index is 361. The molecule has 0 saturated heterocycles. The lowest BCUT2D eigenvalue weighted by atomic mass is 10.4. The fourth-order valence-electron chi connectivity index (χ4n) is 0.726. The Labute approximate surface area is 75.9 Å². The lowest BCUT2D eigenvalue weighted by Gasteiger charge is -1.91. The minimum absolute atomic E-state index is 0.0300. The Kier molecular flexibility index (Phi) is 2.44. The second-order valence-corrected chi connectivity index (χ2v) is 3.08. The van der Waals surface area contributed by atoms with Crippen LogP contribution in [0, 0.1) is 10.1 Å². The third-order valence-corrected chi connectivity index (χ3v) is 2.29. The lowest BCUT2D eigenvalue weighted by molar-refractivity contribution is -0.383. The molecule has 13 heavy (non-hydrogen) atoms. The number of carbonyl (C=O) groups is 1. The summed E-state index contributed by atoms with van der Waals surface area (Å²) in [5.41, 5.74) is 1.74. The topological polar surface area (TPSA) is 118 Å². The number of carboxylic acid groups (broad SMARTS) is 1. The van der Waals surface area contributed by atoms with Crippen molar-refractivity contribution in [1.82, 2.24) is 0 Å². The van der Waals surface area contributed by atoms with E-state index in [2.05, 4.69) is 5.43 Å². The Morgan fingerprint density at radius 3 is 2.69 bits per heavy atom. The molecule has 0 saturated carbocycles. The van der Waals surface area contributed by atoms with Gasteiger partial charge in [-0.25, -0.2) is 10.6 Å². The average Bonchev–Trinajstić information content (AvgIpc) is 2.47. The van der Waals surface area contributed by atoms with E-state index >= 15 is 0 Å². The fourth-order valence-corrected chi connectivity index (χ4v) is 1.50. The van der Waals surface area contributed by atoms with Crippen LogP contribution >= 0.6 is 11.3 Å². The summed E-state index contributed by atoms with van der Waals surface area (Å²) in [6, 6.07) is 0.961. The minimum Gasteiger partial charge on any atom is -0.477 e. The first-order valence-corrected chi connectivity index (χ1v) is 3.86. The van der Waals surface area contributed by atoms with Crippen molar-refractivity contribution in [2.45, 2.75) is 0 Å². The fraction of sp³-hybridized carbons (Fsp3) is 0. The highest BCUT2D eigenvalue weighted by Crippen LogP contribution is 2.33. The van der Waals surface area contributed by atoms with Crippen LogP contribution in [0.5, 0.6) is 0 Å². The maximum absolute atomic E-state index is 10.4. The summed E-state index contributed by atoms with van der Waals surface area (Å²) in [5.74, 6) is 3.75. The van der Waals surface area contributed by atoms with E-state index in [0.717, 1.165) is 17.4 Å². The molecule has 0 aromatic carbocycles. The summed E-state index contributed by atoms with van der Waals surface area (Å²) in [5, 5.41) is 18.9. The largest absolute Gasteiger partial charge is 0.477 e. The second kappa shape index (κ2) is 3.37. The van der Waals surface area contributed by atoms with Gasteiger partial charge in [-0.3, -0.25) is 10.1 Å². The number of nitrogens with zero attached hydrogens (tertiary/aromatic N) is 1. The Balaban J connectivity index is 3.19. The molecule has 70 valence electrons. The van der Waals surface area contributed by atoms with Crippen LogP contribution < -0.4 is 11.3 Å². The molecule has 1 rings (SSSR count). The van der Waals surface area contributed by atoms with Crippen molar-refractivity contribution in [3.05, 3.63) is 21.1 Å². The number of nitrogens with one attached hydrogen (secondary N) is 1. The van der Waals surface area contributed by atoms with Gasteiger partial charge in [-0.15, -0.1) is 11.3 Å². The van der Waals surface area contributed by atoms with Gasteiger partial charge in [0.15, 0.2) is 5.00 Å². The van der Waals surface area contributed by atoms with Crippen molar-refractivity contribution in [2.75, 3.05) is 5.43 Å². The maximum Gasteiger partial charge on any atom is 0.346 e. The van der Waals surface area contributed by atoms with Gasteiger partial charge < -0.3 is 10.5 Å². The maximum atomic E-state index is 10.4. The van der Waals surface area contributed by atoms with E-state index in [0.29, 0.717) is 0 Å². The molecule has 4 N–H and O–H groups in total. The summed E-state index contributed by atoms with van der Waals surface area (Å²) in [7, 11) is 0. The number of carboxylic acids is 1. The van der Waals surface area contributed by atoms with E-state index in [9.17, 15) is 14.9 Å². The van der Waals surface area contributed by atoms with Gasteiger partial charge in [0, 0.05) is 6.07 Å². The SMILES string of the molecule is NNc1sc(C(=O)O)cc1[N+](=O)[O-]. The van der Waals surface area contributed by atoms with E-state index in [1.165, 1.54) is 0 Å². The highest BCUT2D eigenvalue weighted by molar-refractivity contribution is 7.18. The molecular weight excluding hydrogens is 198 g/mol. The zero-order valence-corrected chi connectivity index (χ0v) is 7.00. The number of hydrogen-bond acceptors (Lipinski definition) is 6. The van der Waals surface area contributed by atoms with Crippen molar-refractivity contribution in [3.63, 3.8) is 0 Å². The van der Waals surface area contributed by atoms with Gasteiger partial charge in [-0.2, -0.15) is 0 Å². The van der Waals surface area contributed by atoms with Crippen LogP contribution in [0.3, 0.4) is 0 Å². The lowest BCUT2D eigenvalue weighted by Crippen LogP contribution is -2.06. The van der Waals surface area contributed by atoms with Crippen LogP contribution in [-0.4, -0.2) is 16.0 Å². The predicted molar refractivity (Wildman–Crippen MR) is 45.7 cm³/mol. The average molecular weight is 203 g/mol. The smallest absolute Gasteiger partial charge is 0.346 e. The van der Waals surface area contributed by atoms with Gasteiger partial charge in [0.2, 0.25) is 0 Å². The summed E-state index contributed by atoms with van der Waals surface area (Å²) < 4.78 is 0. The molecule has 0 bridgehead atoms. The molecule has 0 unspecified atom stereocenters. The first kappa shape index (κ1) is 9.42. The zero-order valence-electron chi connectivity index (χ0n) is 6.18. The first-order chi connectivity index (χ1) is 6.06. The van der Waals surface area contributed by atoms with Crippen molar-refractivity contribution >= 4 is 28.0 Å². The number of anilines is 1. The molecule has 7 nitrogen and oxygen atoms in total. The van der Waals surface area contributed by atoms with Gasteiger partial charge in [-0.1, -0.05) is 0 Å². The quantitative estimate of drug-likeness (QED) is 0.377. The molecule has 1 aromatic rings. The number of nitrogen functional groups attached to an aromatic ring is 1. The molecule has 0 amide bonds. The van der Waals surface area contributed by atoms with E-state index in [-0.39, 0.29) is 15.6 Å². The van der Waals surface area contributed by atoms with E-state index < -0.39 is 10.9 Å². The van der Waals surface area contributed by atoms with Crippen molar-refractivity contribution in [1.29, 1.82) is 0 Å². The summed E-state index contributed by atoms with van der Waals surface area (Å²) in [4.78, 5) is 19.9. The van der Waals surface area contributed by atoms with E-state index in [1.807, 2.05) is 0 Å². The highest BCUT2D eigenvalue weighted by Gasteiger charge is 2.21. The van der Waals surface area contributed by atoms with Crippen LogP contribution in [0.15, 0.2) is 6.07 Å². The first-order valence-electron chi connectivity index (χ1n) is 3.04. The van der Waals surface area contributed by atoms with Gasteiger partial charge in [0.25, 0.3) is 0 Å². The van der Waals surface area contributed by atoms with Crippen LogP contribution in [0.25, 0.3) is 0 Å². The molecule has 0 radical (unpaired) electrons. The van der Waals surface area contributed by atoms with Crippen LogP contribution in [0.1, 0.15) is 9.67 Å². The monoisotopic (exact) mass is 203 g/mol. The van der Waals surface area contributed by atoms with Gasteiger partial charge in [0.05, 0.1) is 4.92 Å². The van der Waals surface area contributed by atoms with Gasteiger partial charge >= 0.3 is 11.7 Å². The van der Waals surface area contributed by atoms with E-state index in [4.69, 9.17) is 10.9 Å². The highest BCUT2D eigenvalue weighted by atomic mass is 32.1. The minimum atomic E-state index is -1.21. The van der Waals surface area contributed by atoms with Crippen molar-refractivity contribution in [2.24, 2.45) is 5.84 Å². The van der Waals surface area contributed by atoms with Crippen molar-refractivity contribution < 1.29 is 14.8 Å². The third-order valence-electron chi connectivity index (χ3n) is 1.25.